The molecule has 0 bridgehead atoms. The lowest BCUT2D eigenvalue weighted by atomic mass is 10.1. The van der Waals surface area contributed by atoms with Crippen molar-refractivity contribution in [3.05, 3.63) is 45.9 Å². The van der Waals surface area contributed by atoms with Crippen molar-refractivity contribution in [2.75, 3.05) is 18.8 Å². The van der Waals surface area contributed by atoms with Gasteiger partial charge in [-0.1, -0.05) is 26.8 Å². The number of imidazole rings is 1. The Morgan fingerprint density at radius 1 is 1.28 bits per heavy atom. The SMILES string of the molecule is CC[C@H](NC(=O)c1cc(NS(=O)(=O)N(C)C)cc2nc(CC(C)C)n(C)c12)c1cccs1. The maximum absolute atomic E-state index is 13.4. The third-order valence-electron chi connectivity index (χ3n) is 5.23. The number of nitrogens with zero attached hydrogens (tertiary/aromatic N) is 3. The molecule has 3 aromatic rings. The van der Waals surface area contributed by atoms with E-state index in [9.17, 15) is 13.2 Å². The second-order valence-corrected chi connectivity index (χ2v) is 11.3. The summed E-state index contributed by atoms with van der Waals surface area (Å²) in [6.07, 6.45) is 1.49. The standard InChI is InChI=1S/C22H31N5O3S2/c1-7-17(19-9-8-10-31-19)24-22(28)16-12-15(25-32(29,30)26(4)5)13-18-21(16)27(6)20(23-18)11-14(2)3/h8-10,12-14,17,25H,7,11H2,1-6H3,(H,24,28)/t17-/m0/s1. The summed E-state index contributed by atoms with van der Waals surface area (Å²) in [5.74, 6) is 0.972. The zero-order valence-corrected chi connectivity index (χ0v) is 21.0. The first-order valence-electron chi connectivity index (χ1n) is 10.6. The summed E-state index contributed by atoms with van der Waals surface area (Å²) < 4.78 is 30.4. The molecule has 2 aromatic heterocycles. The van der Waals surface area contributed by atoms with E-state index in [-0.39, 0.29) is 11.9 Å². The molecular weight excluding hydrogens is 446 g/mol. The van der Waals surface area contributed by atoms with E-state index in [4.69, 9.17) is 4.98 Å². The molecule has 0 radical (unpaired) electrons. The van der Waals surface area contributed by atoms with Gasteiger partial charge in [0, 0.05) is 32.4 Å². The Kier molecular flexibility index (Phi) is 7.26. The number of fused-ring (bicyclic) bond motifs is 1. The Bertz CT molecular complexity index is 1200. The number of nitrogens with one attached hydrogen (secondary N) is 2. The van der Waals surface area contributed by atoms with Crippen LogP contribution in [0.1, 0.15) is 54.3 Å². The number of carbonyl (C=O) groups excluding carboxylic acids is 1. The van der Waals surface area contributed by atoms with Crippen LogP contribution in [0.3, 0.4) is 0 Å². The number of aromatic nitrogens is 2. The summed E-state index contributed by atoms with van der Waals surface area (Å²) in [6, 6.07) is 7.10. The lowest BCUT2D eigenvalue weighted by Crippen LogP contribution is -2.30. The van der Waals surface area contributed by atoms with Crippen LogP contribution in [0.15, 0.2) is 29.6 Å². The van der Waals surface area contributed by atoms with Gasteiger partial charge >= 0.3 is 10.2 Å². The Hall–Kier alpha value is -2.43. The normalized spacial score (nSPS) is 13.1. The monoisotopic (exact) mass is 477 g/mol. The van der Waals surface area contributed by atoms with Crippen LogP contribution < -0.4 is 10.0 Å². The maximum atomic E-state index is 13.4. The quantitative estimate of drug-likeness (QED) is 0.488. The van der Waals surface area contributed by atoms with Crippen LogP contribution in [0, 0.1) is 5.92 Å². The van der Waals surface area contributed by atoms with Crippen LogP contribution >= 0.6 is 11.3 Å². The number of aryl methyl sites for hydroxylation is 1. The molecule has 0 saturated carbocycles. The van der Waals surface area contributed by atoms with E-state index < -0.39 is 10.2 Å². The van der Waals surface area contributed by atoms with Gasteiger partial charge < -0.3 is 9.88 Å². The molecular formula is C22H31N5O3S2. The molecule has 0 aliphatic heterocycles. The lowest BCUT2D eigenvalue weighted by Gasteiger charge is -2.18. The minimum atomic E-state index is -3.73. The van der Waals surface area contributed by atoms with Crippen LogP contribution in [0.25, 0.3) is 11.0 Å². The van der Waals surface area contributed by atoms with Crippen molar-refractivity contribution in [2.45, 2.75) is 39.7 Å². The van der Waals surface area contributed by atoms with E-state index in [0.29, 0.717) is 28.2 Å². The highest BCUT2D eigenvalue weighted by atomic mass is 32.2. The molecule has 0 spiro atoms. The number of benzene rings is 1. The highest BCUT2D eigenvalue weighted by Crippen LogP contribution is 2.28. The molecule has 0 unspecified atom stereocenters. The Morgan fingerprint density at radius 3 is 2.56 bits per heavy atom. The van der Waals surface area contributed by atoms with Gasteiger partial charge in [0.2, 0.25) is 0 Å². The molecule has 1 atom stereocenters. The third kappa shape index (κ3) is 5.13. The predicted octanol–water partition coefficient (Wildman–Crippen LogP) is 3.93. The first-order valence-corrected chi connectivity index (χ1v) is 12.9. The predicted molar refractivity (Wildman–Crippen MR) is 130 cm³/mol. The first-order chi connectivity index (χ1) is 15.0. The summed E-state index contributed by atoms with van der Waals surface area (Å²) in [7, 11) is 1.06. The molecule has 2 N–H and O–H groups in total. The fourth-order valence-electron chi connectivity index (χ4n) is 3.52. The van der Waals surface area contributed by atoms with E-state index in [1.165, 1.54) is 14.1 Å². The zero-order chi connectivity index (χ0) is 23.6. The maximum Gasteiger partial charge on any atom is 0.301 e. The second-order valence-electron chi connectivity index (χ2n) is 8.42. The molecule has 10 heteroatoms. The van der Waals surface area contributed by atoms with Crippen LogP contribution in [0.2, 0.25) is 0 Å². The lowest BCUT2D eigenvalue weighted by molar-refractivity contribution is 0.0937. The number of anilines is 1. The fraction of sp³-hybridized carbons (Fsp3) is 0.455. The third-order valence-corrected chi connectivity index (χ3v) is 7.67. The highest BCUT2D eigenvalue weighted by Gasteiger charge is 2.23. The van der Waals surface area contributed by atoms with E-state index >= 15 is 0 Å². The number of amides is 1. The molecule has 0 aliphatic carbocycles. The van der Waals surface area contributed by atoms with Crippen molar-refractivity contribution >= 4 is 44.2 Å². The topological polar surface area (TPSA) is 96.3 Å². The van der Waals surface area contributed by atoms with Crippen molar-refractivity contribution in [3.8, 4) is 0 Å². The summed E-state index contributed by atoms with van der Waals surface area (Å²) >= 11 is 1.60. The summed E-state index contributed by atoms with van der Waals surface area (Å²) in [6.45, 7) is 6.24. The van der Waals surface area contributed by atoms with E-state index in [1.807, 2.05) is 36.1 Å². The van der Waals surface area contributed by atoms with Crippen LogP contribution in [-0.2, 0) is 23.7 Å². The van der Waals surface area contributed by atoms with Crippen molar-refractivity contribution in [1.82, 2.24) is 19.2 Å². The summed E-state index contributed by atoms with van der Waals surface area (Å²) in [5, 5.41) is 5.09. The molecule has 8 nitrogen and oxygen atoms in total. The van der Waals surface area contributed by atoms with Crippen LogP contribution in [-0.4, -0.2) is 42.3 Å². The van der Waals surface area contributed by atoms with Gasteiger partial charge in [0.15, 0.2) is 0 Å². The van der Waals surface area contributed by atoms with Crippen molar-refractivity contribution in [2.24, 2.45) is 13.0 Å². The first kappa shape index (κ1) is 24.2. The minimum absolute atomic E-state index is 0.122. The van der Waals surface area contributed by atoms with Crippen molar-refractivity contribution in [3.63, 3.8) is 0 Å². The fourth-order valence-corrected chi connectivity index (χ4v) is 4.98. The molecule has 1 aromatic carbocycles. The largest absolute Gasteiger partial charge is 0.344 e. The smallest absolute Gasteiger partial charge is 0.301 e. The zero-order valence-electron chi connectivity index (χ0n) is 19.3. The Morgan fingerprint density at radius 2 is 2.00 bits per heavy atom. The summed E-state index contributed by atoms with van der Waals surface area (Å²) in [5.41, 5.74) is 1.96. The molecule has 0 aliphatic rings. The van der Waals surface area contributed by atoms with Crippen LogP contribution in [0.4, 0.5) is 5.69 Å². The molecule has 3 rings (SSSR count). The number of carbonyl (C=O) groups is 1. The molecule has 0 fully saturated rings. The minimum Gasteiger partial charge on any atom is -0.344 e. The number of hydrogen-bond donors (Lipinski definition) is 2. The molecule has 174 valence electrons. The van der Waals surface area contributed by atoms with Gasteiger partial charge in [-0.2, -0.15) is 12.7 Å². The Labute approximate surface area is 193 Å². The van der Waals surface area contributed by atoms with E-state index in [1.54, 1.807) is 23.5 Å². The van der Waals surface area contributed by atoms with Gasteiger partial charge in [-0.15, -0.1) is 11.3 Å². The molecule has 32 heavy (non-hydrogen) atoms. The number of thiophene rings is 1. The van der Waals surface area contributed by atoms with Gasteiger partial charge in [0.25, 0.3) is 5.91 Å². The highest BCUT2D eigenvalue weighted by molar-refractivity contribution is 7.90. The molecule has 2 heterocycles. The number of hydrogen-bond acceptors (Lipinski definition) is 5. The molecule has 1 amide bonds. The van der Waals surface area contributed by atoms with Gasteiger partial charge in [-0.05, 0) is 35.9 Å². The number of rotatable bonds is 9. The van der Waals surface area contributed by atoms with Gasteiger partial charge in [-0.25, -0.2) is 4.98 Å². The average Bonchev–Trinajstić information content (AvgIpc) is 3.33. The van der Waals surface area contributed by atoms with Gasteiger partial charge in [0.1, 0.15) is 5.82 Å². The van der Waals surface area contributed by atoms with Gasteiger partial charge in [0.05, 0.1) is 28.3 Å². The average molecular weight is 478 g/mol. The second kappa shape index (κ2) is 9.60. The van der Waals surface area contributed by atoms with Crippen molar-refractivity contribution < 1.29 is 13.2 Å². The summed E-state index contributed by atoms with van der Waals surface area (Å²) in [4.78, 5) is 19.2. The van der Waals surface area contributed by atoms with Gasteiger partial charge in [-0.3, -0.25) is 9.52 Å². The molecule has 0 saturated heterocycles. The van der Waals surface area contributed by atoms with Crippen molar-refractivity contribution in [1.29, 1.82) is 0 Å². The van der Waals surface area contributed by atoms with Crippen LogP contribution in [0.5, 0.6) is 0 Å². The van der Waals surface area contributed by atoms with E-state index in [0.717, 1.165) is 27.8 Å². The Balaban J connectivity index is 2.10. The van der Waals surface area contributed by atoms with E-state index in [2.05, 4.69) is 23.9 Å².